The molecule has 0 aliphatic heterocycles. The maximum Gasteiger partial charge on any atom is 0.225 e. The zero-order chi connectivity index (χ0) is 18.8. The van der Waals surface area contributed by atoms with Gasteiger partial charge < -0.3 is 26.0 Å². The Labute approximate surface area is 158 Å². The van der Waals surface area contributed by atoms with Gasteiger partial charge in [-0.2, -0.15) is 4.98 Å². The topological polar surface area (TPSA) is 97.9 Å². The van der Waals surface area contributed by atoms with E-state index in [1.54, 1.807) is 6.20 Å². The normalized spacial score (nSPS) is 19.9. The van der Waals surface area contributed by atoms with Crippen LogP contribution in [0.5, 0.6) is 5.88 Å². The largest absolute Gasteiger partial charge is 0.494 e. The van der Waals surface area contributed by atoms with Gasteiger partial charge in [-0.1, -0.05) is 25.0 Å². The van der Waals surface area contributed by atoms with Crippen LogP contribution in [0.25, 0.3) is 10.9 Å². The number of H-pyrrole nitrogens is 1. The van der Waals surface area contributed by atoms with Crippen molar-refractivity contribution in [2.24, 2.45) is 0 Å². The minimum absolute atomic E-state index is 0.0671. The molecule has 1 saturated carbocycles. The first-order valence-electron chi connectivity index (χ1n) is 9.49. The summed E-state index contributed by atoms with van der Waals surface area (Å²) in [6.07, 6.45) is 6.39. The standard InChI is InChI=1S/C20H26N6O/c1-12-6-5-7-13(10-12)23-18-17-16(11-22-19(17)27)25-20(26-18)24-15-9-4-3-8-14(15)21-2/h5-7,10-11,14-15,21-22,27H,3-4,8-9H2,1-2H3,(H2,23,24,25,26). The molecule has 7 nitrogen and oxygen atoms in total. The van der Waals surface area contributed by atoms with Gasteiger partial charge in [0.05, 0.1) is 5.52 Å². The molecule has 2 heterocycles. The first kappa shape index (κ1) is 17.6. The Morgan fingerprint density at radius 2 is 1.96 bits per heavy atom. The third-order valence-corrected chi connectivity index (χ3v) is 5.25. The lowest BCUT2D eigenvalue weighted by Crippen LogP contribution is -2.44. The average molecular weight is 366 g/mol. The van der Waals surface area contributed by atoms with Gasteiger partial charge in [0.1, 0.15) is 11.2 Å². The lowest BCUT2D eigenvalue weighted by atomic mass is 9.90. The smallest absolute Gasteiger partial charge is 0.225 e. The summed E-state index contributed by atoms with van der Waals surface area (Å²) in [6, 6.07) is 8.76. The van der Waals surface area contributed by atoms with E-state index >= 15 is 0 Å². The Kier molecular flexibility index (Phi) is 4.85. The molecule has 1 aliphatic carbocycles. The quantitative estimate of drug-likeness (QED) is 0.473. The molecule has 2 atom stereocenters. The Morgan fingerprint density at radius 1 is 1.15 bits per heavy atom. The van der Waals surface area contributed by atoms with Gasteiger partial charge in [0, 0.05) is 24.0 Å². The summed E-state index contributed by atoms with van der Waals surface area (Å²) in [4.78, 5) is 12.1. The number of benzene rings is 1. The van der Waals surface area contributed by atoms with Crippen LogP contribution in [0.15, 0.2) is 30.5 Å². The van der Waals surface area contributed by atoms with Crippen molar-refractivity contribution in [3.63, 3.8) is 0 Å². The number of aromatic nitrogens is 3. The minimum Gasteiger partial charge on any atom is -0.494 e. The first-order chi connectivity index (χ1) is 13.1. The summed E-state index contributed by atoms with van der Waals surface area (Å²) >= 11 is 0. The molecule has 142 valence electrons. The lowest BCUT2D eigenvalue weighted by molar-refractivity contribution is 0.360. The molecular weight excluding hydrogens is 340 g/mol. The SMILES string of the molecule is CNC1CCCCC1Nc1nc(Nc2cccc(C)c2)c2c(O)[nH]cc2n1. The third-order valence-electron chi connectivity index (χ3n) is 5.25. The van der Waals surface area contributed by atoms with E-state index in [0.29, 0.717) is 34.8 Å². The van der Waals surface area contributed by atoms with E-state index < -0.39 is 0 Å². The molecule has 27 heavy (non-hydrogen) atoms. The van der Waals surface area contributed by atoms with Crippen molar-refractivity contribution in [1.82, 2.24) is 20.3 Å². The maximum atomic E-state index is 10.2. The highest BCUT2D eigenvalue weighted by atomic mass is 16.3. The number of hydrogen-bond donors (Lipinski definition) is 5. The van der Waals surface area contributed by atoms with Crippen LogP contribution in [0.4, 0.5) is 17.5 Å². The predicted molar refractivity (Wildman–Crippen MR) is 109 cm³/mol. The molecule has 2 unspecified atom stereocenters. The number of nitrogens with zero attached hydrogens (tertiary/aromatic N) is 2. The van der Waals surface area contributed by atoms with Crippen LogP contribution in [0.3, 0.4) is 0 Å². The van der Waals surface area contributed by atoms with Gasteiger partial charge in [-0.25, -0.2) is 4.98 Å². The van der Waals surface area contributed by atoms with Crippen LogP contribution in [0, 0.1) is 6.92 Å². The van der Waals surface area contributed by atoms with Crippen molar-refractivity contribution in [3.05, 3.63) is 36.0 Å². The van der Waals surface area contributed by atoms with Crippen LogP contribution < -0.4 is 16.0 Å². The van der Waals surface area contributed by atoms with Gasteiger partial charge in [0.2, 0.25) is 11.8 Å². The van der Waals surface area contributed by atoms with Gasteiger partial charge in [0.25, 0.3) is 0 Å². The van der Waals surface area contributed by atoms with E-state index in [-0.39, 0.29) is 5.88 Å². The van der Waals surface area contributed by atoms with Crippen LogP contribution >= 0.6 is 0 Å². The van der Waals surface area contributed by atoms with E-state index in [1.165, 1.54) is 12.8 Å². The van der Waals surface area contributed by atoms with E-state index in [9.17, 15) is 5.11 Å². The molecule has 1 aliphatic rings. The average Bonchev–Trinajstić information content (AvgIpc) is 3.03. The summed E-state index contributed by atoms with van der Waals surface area (Å²) in [5.74, 6) is 1.23. The van der Waals surface area contributed by atoms with Crippen LogP contribution in [-0.4, -0.2) is 39.2 Å². The third kappa shape index (κ3) is 3.68. The van der Waals surface area contributed by atoms with Crippen molar-refractivity contribution in [2.75, 3.05) is 17.7 Å². The Hall–Kier alpha value is -2.80. The fourth-order valence-electron chi connectivity index (χ4n) is 3.85. The van der Waals surface area contributed by atoms with Crippen molar-refractivity contribution in [3.8, 4) is 5.88 Å². The van der Waals surface area contributed by atoms with E-state index in [4.69, 9.17) is 0 Å². The molecular formula is C20H26N6O. The molecule has 0 amide bonds. The van der Waals surface area contributed by atoms with Crippen molar-refractivity contribution < 1.29 is 5.11 Å². The number of anilines is 3. The molecule has 1 aromatic carbocycles. The Bertz CT molecular complexity index is 937. The fraction of sp³-hybridized carbons (Fsp3) is 0.400. The lowest BCUT2D eigenvalue weighted by Gasteiger charge is -2.32. The second-order valence-electron chi connectivity index (χ2n) is 7.22. The minimum atomic E-state index is 0.0671. The number of aromatic amines is 1. The molecule has 2 aromatic heterocycles. The summed E-state index contributed by atoms with van der Waals surface area (Å²) < 4.78 is 0. The number of nitrogens with one attached hydrogen (secondary N) is 4. The molecule has 5 N–H and O–H groups in total. The van der Waals surface area contributed by atoms with Crippen LogP contribution in [0.2, 0.25) is 0 Å². The van der Waals surface area contributed by atoms with E-state index in [2.05, 4.69) is 30.9 Å². The number of aryl methyl sites for hydroxylation is 1. The maximum absolute atomic E-state index is 10.2. The number of aromatic hydroxyl groups is 1. The van der Waals surface area contributed by atoms with Crippen molar-refractivity contribution in [1.29, 1.82) is 0 Å². The molecule has 4 rings (SSSR count). The van der Waals surface area contributed by atoms with Crippen LogP contribution in [0.1, 0.15) is 31.2 Å². The zero-order valence-corrected chi connectivity index (χ0v) is 15.7. The Morgan fingerprint density at radius 3 is 2.74 bits per heavy atom. The summed E-state index contributed by atoms with van der Waals surface area (Å²) in [7, 11) is 2.00. The summed E-state index contributed by atoms with van der Waals surface area (Å²) in [6.45, 7) is 2.04. The van der Waals surface area contributed by atoms with Gasteiger partial charge in [0.15, 0.2) is 0 Å². The molecule has 0 spiro atoms. The number of rotatable bonds is 5. The first-order valence-corrected chi connectivity index (χ1v) is 9.49. The second-order valence-corrected chi connectivity index (χ2v) is 7.22. The molecule has 0 saturated heterocycles. The van der Waals surface area contributed by atoms with Gasteiger partial charge in [-0.05, 0) is 44.5 Å². The fourth-order valence-corrected chi connectivity index (χ4v) is 3.85. The zero-order valence-electron chi connectivity index (χ0n) is 15.7. The predicted octanol–water partition coefficient (Wildman–Crippen LogP) is 3.66. The molecule has 0 bridgehead atoms. The molecule has 3 aromatic rings. The van der Waals surface area contributed by atoms with Gasteiger partial charge in [-0.3, -0.25) is 0 Å². The molecule has 7 heteroatoms. The van der Waals surface area contributed by atoms with Gasteiger partial charge in [-0.15, -0.1) is 0 Å². The highest BCUT2D eigenvalue weighted by molar-refractivity contribution is 5.96. The number of hydrogen-bond acceptors (Lipinski definition) is 6. The highest BCUT2D eigenvalue weighted by Crippen LogP contribution is 2.32. The van der Waals surface area contributed by atoms with E-state index in [0.717, 1.165) is 24.1 Å². The monoisotopic (exact) mass is 366 g/mol. The molecule has 1 fully saturated rings. The van der Waals surface area contributed by atoms with Gasteiger partial charge >= 0.3 is 0 Å². The number of fused-ring (bicyclic) bond motifs is 1. The second kappa shape index (κ2) is 7.44. The number of likely N-dealkylation sites (N-methyl/N-ethyl adjacent to an activating group) is 1. The summed E-state index contributed by atoms with van der Waals surface area (Å²) in [5, 5.41) is 21.0. The Balaban J connectivity index is 1.68. The van der Waals surface area contributed by atoms with Crippen molar-refractivity contribution >= 4 is 28.4 Å². The summed E-state index contributed by atoms with van der Waals surface area (Å²) in [5.41, 5.74) is 2.75. The van der Waals surface area contributed by atoms with Crippen LogP contribution in [-0.2, 0) is 0 Å². The highest BCUT2D eigenvalue weighted by Gasteiger charge is 2.25. The molecule has 0 radical (unpaired) electrons. The van der Waals surface area contributed by atoms with Crippen molar-refractivity contribution in [2.45, 2.75) is 44.7 Å². The van der Waals surface area contributed by atoms with E-state index in [1.807, 2.05) is 38.2 Å².